The van der Waals surface area contributed by atoms with Crippen LogP contribution in [0.1, 0.15) is 6.92 Å². The highest BCUT2D eigenvalue weighted by Crippen LogP contribution is 2.29. The number of benzene rings is 2. The maximum Gasteiger partial charge on any atom is 0.201 e. The number of fused-ring (bicyclic) bond motifs is 1. The Morgan fingerprint density at radius 3 is 2.84 bits per heavy atom. The summed E-state index contributed by atoms with van der Waals surface area (Å²) in [6.45, 7) is 2.89. The molecule has 19 heavy (non-hydrogen) atoms. The van der Waals surface area contributed by atoms with Crippen molar-refractivity contribution in [2.24, 2.45) is 0 Å². The van der Waals surface area contributed by atoms with Crippen LogP contribution in [0.4, 0.5) is 5.95 Å². The summed E-state index contributed by atoms with van der Waals surface area (Å²) in [5, 5.41) is 3.93. The van der Waals surface area contributed by atoms with E-state index in [0.717, 1.165) is 39.7 Å². The van der Waals surface area contributed by atoms with Gasteiger partial charge in [0.15, 0.2) is 0 Å². The Hall–Kier alpha value is -2.00. The fourth-order valence-electron chi connectivity index (χ4n) is 2.12. The lowest BCUT2D eigenvalue weighted by atomic mass is 10.1. The van der Waals surface area contributed by atoms with Crippen LogP contribution in [-0.4, -0.2) is 16.5 Å². The van der Waals surface area contributed by atoms with Gasteiger partial charge in [-0.1, -0.05) is 35.9 Å². The smallest absolute Gasteiger partial charge is 0.201 e. The molecule has 0 fully saturated rings. The van der Waals surface area contributed by atoms with Gasteiger partial charge in [-0.05, 0) is 30.7 Å². The van der Waals surface area contributed by atoms with E-state index in [1.165, 1.54) is 0 Å². The number of hydrogen-bond donors (Lipinski definition) is 2. The Morgan fingerprint density at radius 1 is 1.21 bits per heavy atom. The molecule has 0 radical (unpaired) electrons. The minimum Gasteiger partial charge on any atom is -0.356 e. The largest absolute Gasteiger partial charge is 0.356 e. The first-order chi connectivity index (χ1) is 9.28. The van der Waals surface area contributed by atoms with Crippen molar-refractivity contribution in [3.05, 3.63) is 47.5 Å². The van der Waals surface area contributed by atoms with Gasteiger partial charge in [0, 0.05) is 17.1 Å². The minimum atomic E-state index is 0.758. The van der Waals surface area contributed by atoms with Gasteiger partial charge < -0.3 is 10.3 Å². The van der Waals surface area contributed by atoms with Crippen molar-refractivity contribution < 1.29 is 0 Å². The van der Waals surface area contributed by atoms with E-state index in [1.807, 2.05) is 43.3 Å². The number of hydrogen-bond acceptors (Lipinski definition) is 2. The van der Waals surface area contributed by atoms with E-state index in [0.29, 0.717) is 0 Å². The average Bonchev–Trinajstić information content (AvgIpc) is 2.81. The van der Waals surface area contributed by atoms with Crippen molar-refractivity contribution in [3.63, 3.8) is 0 Å². The van der Waals surface area contributed by atoms with Gasteiger partial charge in [-0.25, -0.2) is 4.98 Å². The lowest BCUT2D eigenvalue weighted by Crippen LogP contribution is -1.97. The molecule has 0 saturated heterocycles. The molecule has 0 spiro atoms. The Kier molecular flexibility index (Phi) is 3.13. The molecule has 0 unspecified atom stereocenters. The van der Waals surface area contributed by atoms with E-state index in [1.54, 1.807) is 0 Å². The highest BCUT2D eigenvalue weighted by atomic mass is 35.5. The number of rotatable bonds is 3. The predicted molar refractivity (Wildman–Crippen MR) is 80.7 cm³/mol. The van der Waals surface area contributed by atoms with Crippen LogP contribution in [0, 0.1) is 0 Å². The minimum absolute atomic E-state index is 0.758. The van der Waals surface area contributed by atoms with Gasteiger partial charge in [-0.3, -0.25) is 0 Å². The van der Waals surface area contributed by atoms with E-state index < -0.39 is 0 Å². The maximum absolute atomic E-state index is 6.23. The molecule has 0 aliphatic carbocycles. The molecular formula is C15H14ClN3. The van der Waals surface area contributed by atoms with Crippen LogP contribution >= 0.6 is 11.6 Å². The molecule has 3 nitrogen and oxygen atoms in total. The second-order valence-corrected chi connectivity index (χ2v) is 4.73. The van der Waals surface area contributed by atoms with Gasteiger partial charge >= 0.3 is 0 Å². The summed E-state index contributed by atoms with van der Waals surface area (Å²) < 4.78 is 0. The molecule has 0 bridgehead atoms. The molecule has 0 atom stereocenters. The molecule has 0 saturated carbocycles. The normalized spacial score (nSPS) is 10.8. The number of nitrogens with one attached hydrogen (secondary N) is 2. The Bertz CT molecular complexity index is 718. The molecule has 1 aromatic heterocycles. The molecule has 3 aromatic rings. The summed E-state index contributed by atoms with van der Waals surface area (Å²) >= 11 is 6.23. The SMILES string of the molecule is CCNc1nc2ccc(-c3ccccc3Cl)cc2[nH]1. The number of halogens is 1. The van der Waals surface area contributed by atoms with E-state index in [2.05, 4.69) is 21.4 Å². The molecule has 2 N–H and O–H groups in total. The summed E-state index contributed by atoms with van der Waals surface area (Å²) in [6.07, 6.45) is 0. The Balaban J connectivity index is 2.08. The molecule has 3 rings (SSSR count). The molecule has 2 aromatic carbocycles. The van der Waals surface area contributed by atoms with Crippen LogP contribution in [0.2, 0.25) is 5.02 Å². The number of nitrogens with zero attached hydrogens (tertiary/aromatic N) is 1. The van der Waals surface area contributed by atoms with Crippen molar-refractivity contribution in [1.82, 2.24) is 9.97 Å². The zero-order valence-corrected chi connectivity index (χ0v) is 11.3. The predicted octanol–water partition coefficient (Wildman–Crippen LogP) is 4.32. The molecule has 0 aliphatic rings. The topological polar surface area (TPSA) is 40.7 Å². The summed E-state index contributed by atoms with van der Waals surface area (Å²) in [4.78, 5) is 7.72. The van der Waals surface area contributed by atoms with Crippen LogP contribution in [0.5, 0.6) is 0 Å². The van der Waals surface area contributed by atoms with Crippen molar-refractivity contribution in [3.8, 4) is 11.1 Å². The van der Waals surface area contributed by atoms with Crippen molar-refractivity contribution in [2.75, 3.05) is 11.9 Å². The number of H-pyrrole nitrogens is 1. The first-order valence-electron chi connectivity index (χ1n) is 6.26. The van der Waals surface area contributed by atoms with Crippen molar-refractivity contribution in [1.29, 1.82) is 0 Å². The highest BCUT2D eigenvalue weighted by Gasteiger charge is 2.06. The standard InChI is InChI=1S/C15H14ClN3/c1-2-17-15-18-13-8-7-10(9-14(13)19-15)11-5-3-4-6-12(11)16/h3-9H,2H2,1H3,(H2,17,18,19). The quantitative estimate of drug-likeness (QED) is 0.745. The Labute approximate surface area is 116 Å². The maximum atomic E-state index is 6.23. The summed E-state index contributed by atoms with van der Waals surface area (Å²) in [6, 6.07) is 14.0. The number of aromatic nitrogens is 2. The third kappa shape index (κ3) is 2.29. The lowest BCUT2D eigenvalue weighted by Gasteiger charge is -2.03. The first-order valence-corrected chi connectivity index (χ1v) is 6.64. The highest BCUT2D eigenvalue weighted by molar-refractivity contribution is 6.33. The number of anilines is 1. The van der Waals surface area contributed by atoms with Crippen molar-refractivity contribution in [2.45, 2.75) is 6.92 Å². The second-order valence-electron chi connectivity index (χ2n) is 4.33. The molecule has 96 valence electrons. The van der Waals surface area contributed by atoms with Gasteiger partial charge in [0.05, 0.1) is 11.0 Å². The summed E-state index contributed by atoms with van der Waals surface area (Å²) in [5.41, 5.74) is 4.08. The van der Waals surface area contributed by atoms with Gasteiger partial charge in [0.2, 0.25) is 5.95 Å². The lowest BCUT2D eigenvalue weighted by molar-refractivity contribution is 1.14. The second kappa shape index (κ2) is 4.94. The van der Waals surface area contributed by atoms with Crippen LogP contribution in [0.25, 0.3) is 22.2 Å². The molecule has 4 heteroatoms. The Morgan fingerprint density at radius 2 is 2.05 bits per heavy atom. The first kappa shape index (κ1) is 12.1. The monoisotopic (exact) mass is 271 g/mol. The fourth-order valence-corrected chi connectivity index (χ4v) is 2.37. The van der Waals surface area contributed by atoms with E-state index in [4.69, 9.17) is 11.6 Å². The van der Waals surface area contributed by atoms with Gasteiger partial charge in [0.25, 0.3) is 0 Å². The van der Waals surface area contributed by atoms with Crippen LogP contribution in [0.15, 0.2) is 42.5 Å². The van der Waals surface area contributed by atoms with Gasteiger partial charge in [-0.2, -0.15) is 0 Å². The van der Waals surface area contributed by atoms with Gasteiger partial charge in [0.1, 0.15) is 0 Å². The zero-order chi connectivity index (χ0) is 13.2. The average molecular weight is 272 g/mol. The fraction of sp³-hybridized carbons (Fsp3) is 0.133. The van der Waals surface area contributed by atoms with E-state index >= 15 is 0 Å². The number of imidazole rings is 1. The molecule has 0 amide bonds. The summed E-state index contributed by atoms with van der Waals surface area (Å²) in [5.74, 6) is 0.800. The number of aromatic amines is 1. The zero-order valence-electron chi connectivity index (χ0n) is 10.6. The molecule has 1 heterocycles. The molecular weight excluding hydrogens is 258 g/mol. The third-order valence-corrected chi connectivity index (χ3v) is 3.34. The van der Waals surface area contributed by atoms with Gasteiger partial charge in [-0.15, -0.1) is 0 Å². The van der Waals surface area contributed by atoms with Crippen LogP contribution < -0.4 is 5.32 Å². The third-order valence-electron chi connectivity index (χ3n) is 3.01. The van der Waals surface area contributed by atoms with E-state index in [-0.39, 0.29) is 0 Å². The van der Waals surface area contributed by atoms with Crippen molar-refractivity contribution >= 4 is 28.6 Å². The van der Waals surface area contributed by atoms with E-state index in [9.17, 15) is 0 Å². The summed E-state index contributed by atoms with van der Waals surface area (Å²) in [7, 11) is 0. The van der Waals surface area contributed by atoms with Crippen LogP contribution in [-0.2, 0) is 0 Å². The molecule has 0 aliphatic heterocycles. The van der Waals surface area contributed by atoms with Crippen LogP contribution in [0.3, 0.4) is 0 Å².